The van der Waals surface area contributed by atoms with Crippen molar-refractivity contribution < 1.29 is 9.59 Å². The first kappa shape index (κ1) is 17.1. The molecule has 6 heteroatoms. The lowest BCUT2D eigenvalue weighted by atomic mass is 10.2. The van der Waals surface area contributed by atoms with Crippen LogP contribution < -0.4 is 5.32 Å². The van der Waals surface area contributed by atoms with E-state index in [0.29, 0.717) is 21.2 Å². The lowest BCUT2D eigenvalue weighted by molar-refractivity contribution is 0.0792. The second-order valence-corrected chi connectivity index (χ2v) is 7.70. The molecule has 1 aliphatic heterocycles. The fraction of sp³-hybridized carbons (Fsp3) is 0.200. The molecule has 132 valence electrons. The predicted octanol–water partition coefficient (Wildman–Crippen LogP) is 5.04. The second kappa shape index (κ2) is 7.09. The summed E-state index contributed by atoms with van der Waals surface area (Å²) in [5, 5.41) is 4.22. The van der Waals surface area contributed by atoms with Gasteiger partial charge in [-0.2, -0.15) is 0 Å². The molecule has 1 aliphatic rings. The molecule has 0 saturated carbocycles. The number of nitrogens with one attached hydrogen (secondary N) is 1. The third-order valence-electron chi connectivity index (χ3n) is 4.52. The lowest BCUT2D eigenvalue weighted by Crippen LogP contribution is -2.27. The number of fused-ring (bicyclic) bond motifs is 1. The average Bonchev–Trinajstić information content (AvgIpc) is 3.31. The van der Waals surface area contributed by atoms with Gasteiger partial charge in [0, 0.05) is 34.4 Å². The highest BCUT2D eigenvalue weighted by atomic mass is 35.5. The Labute approximate surface area is 160 Å². The number of likely N-dealkylation sites (tertiary alicyclic amines) is 1. The van der Waals surface area contributed by atoms with Crippen molar-refractivity contribution in [3.63, 3.8) is 0 Å². The number of thiophene rings is 1. The van der Waals surface area contributed by atoms with Crippen LogP contribution in [0.5, 0.6) is 0 Å². The van der Waals surface area contributed by atoms with Crippen molar-refractivity contribution in [3.8, 4) is 0 Å². The van der Waals surface area contributed by atoms with Gasteiger partial charge in [0.25, 0.3) is 11.8 Å². The molecule has 1 saturated heterocycles. The van der Waals surface area contributed by atoms with Gasteiger partial charge in [-0.1, -0.05) is 29.8 Å². The van der Waals surface area contributed by atoms with E-state index in [-0.39, 0.29) is 11.8 Å². The standard InChI is InChI=1S/C20H17ClN2O2S/c21-17-15-5-1-2-6-16(15)26-18(17)19(24)22-14-9-7-13(8-10-14)20(25)23-11-3-4-12-23/h1-2,5-10H,3-4,11-12H2,(H,22,24). The monoisotopic (exact) mass is 384 g/mol. The Morgan fingerprint density at radius 1 is 1.00 bits per heavy atom. The maximum absolute atomic E-state index is 12.6. The SMILES string of the molecule is O=C(Nc1ccc(C(=O)N2CCCC2)cc1)c1sc2ccccc2c1Cl. The van der Waals surface area contributed by atoms with Crippen LogP contribution in [0.4, 0.5) is 5.69 Å². The van der Waals surface area contributed by atoms with Gasteiger partial charge in [0.2, 0.25) is 0 Å². The number of hydrogen-bond acceptors (Lipinski definition) is 3. The Balaban J connectivity index is 1.50. The first-order valence-corrected chi connectivity index (χ1v) is 9.70. The largest absolute Gasteiger partial charge is 0.339 e. The predicted molar refractivity (Wildman–Crippen MR) is 106 cm³/mol. The first-order valence-electron chi connectivity index (χ1n) is 8.51. The minimum atomic E-state index is -0.241. The van der Waals surface area contributed by atoms with E-state index in [9.17, 15) is 9.59 Å². The number of halogens is 1. The van der Waals surface area contributed by atoms with Gasteiger partial charge >= 0.3 is 0 Å². The zero-order chi connectivity index (χ0) is 18.1. The highest BCUT2D eigenvalue weighted by Crippen LogP contribution is 2.35. The Morgan fingerprint density at radius 3 is 2.38 bits per heavy atom. The van der Waals surface area contributed by atoms with E-state index in [0.717, 1.165) is 36.0 Å². The van der Waals surface area contributed by atoms with E-state index < -0.39 is 0 Å². The van der Waals surface area contributed by atoms with Gasteiger partial charge in [0.1, 0.15) is 4.88 Å². The van der Waals surface area contributed by atoms with E-state index in [1.54, 1.807) is 24.3 Å². The highest BCUT2D eigenvalue weighted by molar-refractivity contribution is 7.21. The summed E-state index contributed by atoms with van der Waals surface area (Å²) < 4.78 is 0.981. The van der Waals surface area contributed by atoms with Gasteiger partial charge in [-0.05, 0) is 43.2 Å². The van der Waals surface area contributed by atoms with E-state index in [4.69, 9.17) is 11.6 Å². The number of nitrogens with zero attached hydrogens (tertiary/aromatic N) is 1. The smallest absolute Gasteiger partial charge is 0.267 e. The molecule has 0 unspecified atom stereocenters. The molecule has 4 rings (SSSR count). The van der Waals surface area contributed by atoms with Gasteiger partial charge in [0.15, 0.2) is 0 Å². The molecule has 3 aromatic rings. The average molecular weight is 385 g/mol. The Morgan fingerprint density at radius 2 is 1.69 bits per heavy atom. The van der Waals surface area contributed by atoms with Gasteiger partial charge < -0.3 is 10.2 Å². The summed E-state index contributed by atoms with van der Waals surface area (Å²) in [6.45, 7) is 1.64. The van der Waals surface area contributed by atoms with Crippen LogP contribution in [0.1, 0.15) is 32.9 Å². The molecule has 2 aromatic carbocycles. The molecule has 1 N–H and O–H groups in total. The Hall–Kier alpha value is -2.37. The molecule has 2 amide bonds. The van der Waals surface area contributed by atoms with E-state index >= 15 is 0 Å². The minimum Gasteiger partial charge on any atom is -0.339 e. The quantitative estimate of drug-likeness (QED) is 0.687. The van der Waals surface area contributed by atoms with E-state index in [1.165, 1.54) is 11.3 Å². The van der Waals surface area contributed by atoms with E-state index in [1.807, 2.05) is 29.2 Å². The molecule has 0 spiro atoms. The molecule has 0 radical (unpaired) electrons. The molecular formula is C20H17ClN2O2S. The van der Waals surface area contributed by atoms with Crippen molar-refractivity contribution in [1.82, 2.24) is 4.90 Å². The lowest BCUT2D eigenvalue weighted by Gasteiger charge is -2.15. The molecule has 0 aliphatic carbocycles. The summed E-state index contributed by atoms with van der Waals surface area (Å²) in [7, 11) is 0. The topological polar surface area (TPSA) is 49.4 Å². The molecule has 4 nitrogen and oxygen atoms in total. The number of carbonyl (C=O) groups excluding carboxylic acids is 2. The van der Waals surface area contributed by atoms with Crippen LogP contribution in [0.25, 0.3) is 10.1 Å². The number of benzene rings is 2. The van der Waals surface area contributed by atoms with Crippen molar-refractivity contribution in [2.75, 3.05) is 18.4 Å². The van der Waals surface area contributed by atoms with Crippen LogP contribution in [-0.2, 0) is 0 Å². The fourth-order valence-corrected chi connectivity index (χ4v) is 4.56. The van der Waals surface area contributed by atoms with Crippen LogP contribution in [0.15, 0.2) is 48.5 Å². The number of amides is 2. The zero-order valence-corrected chi connectivity index (χ0v) is 15.6. The van der Waals surface area contributed by atoms with Gasteiger partial charge in [-0.25, -0.2) is 0 Å². The number of rotatable bonds is 3. The minimum absolute atomic E-state index is 0.0490. The van der Waals surface area contributed by atoms with Gasteiger partial charge in [-0.15, -0.1) is 11.3 Å². The maximum atomic E-state index is 12.6. The summed E-state index contributed by atoms with van der Waals surface area (Å²) in [5.74, 6) is -0.192. The third kappa shape index (κ3) is 3.20. The van der Waals surface area contributed by atoms with Crippen molar-refractivity contribution >= 4 is 50.5 Å². The molecule has 1 fully saturated rings. The summed E-state index contributed by atoms with van der Waals surface area (Å²) >= 11 is 7.73. The second-order valence-electron chi connectivity index (χ2n) is 6.27. The van der Waals surface area contributed by atoms with Crippen molar-refractivity contribution in [2.24, 2.45) is 0 Å². The van der Waals surface area contributed by atoms with Crippen molar-refractivity contribution in [3.05, 3.63) is 64.0 Å². The molecule has 2 heterocycles. The number of carbonyl (C=O) groups is 2. The zero-order valence-electron chi connectivity index (χ0n) is 14.0. The Kier molecular flexibility index (Phi) is 4.66. The van der Waals surface area contributed by atoms with Crippen molar-refractivity contribution in [1.29, 1.82) is 0 Å². The molecule has 1 aromatic heterocycles. The van der Waals surface area contributed by atoms with E-state index in [2.05, 4.69) is 5.32 Å². The van der Waals surface area contributed by atoms with Gasteiger partial charge in [-0.3, -0.25) is 9.59 Å². The summed E-state index contributed by atoms with van der Waals surface area (Å²) in [6.07, 6.45) is 2.13. The summed E-state index contributed by atoms with van der Waals surface area (Å²) in [6, 6.07) is 14.7. The molecule has 0 atom stereocenters. The van der Waals surface area contributed by atoms with Crippen molar-refractivity contribution in [2.45, 2.75) is 12.8 Å². The molecule has 26 heavy (non-hydrogen) atoms. The summed E-state index contributed by atoms with van der Waals surface area (Å²) in [4.78, 5) is 27.3. The first-order chi connectivity index (χ1) is 12.6. The highest BCUT2D eigenvalue weighted by Gasteiger charge is 2.20. The molecule has 0 bridgehead atoms. The Bertz CT molecular complexity index is 975. The van der Waals surface area contributed by atoms with Crippen LogP contribution >= 0.6 is 22.9 Å². The fourth-order valence-electron chi connectivity index (χ4n) is 3.15. The number of hydrogen-bond donors (Lipinski definition) is 1. The van der Waals surface area contributed by atoms with Crippen LogP contribution in [0.3, 0.4) is 0 Å². The molecular weight excluding hydrogens is 368 g/mol. The maximum Gasteiger partial charge on any atom is 0.267 e. The number of anilines is 1. The van der Waals surface area contributed by atoms with Crippen LogP contribution in [0, 0.1) is 0 Å². The van der Waals surface area contributed by atoms with Crippen LogP contribution in [0.2, 0.25) is 5.02 Å². The normalized spacial score (nSPS) is 14.0. The van der Waals surface area contributed by atoms with Crippen LogP contribution in [-0.4, -0.2) is 29.8 Å². The summed E-state index contributed by atoms with van der Waals surface area (Å²) in [5.41, 5.74) is 1.28. The van der Waals surface area contributed by atoms with Gasteiger partial charge in [0.05, 0.1) is 5.02 Å². The third-order valence-corrected chi connectivity index (χ3v) is 6.20.